The molecule has 23 heavy (non-hydrogen) atoms. The van der Waals surface area contributed by atoms with Gasteiger partial charge in [-0.2, -0.15) is 5.10 Å². The number of carbonyl (C=O) groups is 2. The fourth-order valence-electron chi connectivity index (χ4n) is 2.82. The van der Waals surface area contributed by atoms with Crippen LogP contribution in [0.15, 0.2) is 36.7 Å². The van der Waals surface area contributed by atoms with Gasteiger partial charge in [-0.3, -0.25) is 9.89 Å². The molecule has 1 unspecified atom stereocenters. The number of nitrogens with zero attached hydrogens (tertiary/aromatic N) is 2. The number of aromatic amines is 1. The maximum Gasteiger partial charge on any atom is 0.314 e. The molecule has 0 radical (unpaired) electrons. The Morgan fingerprint density at radius 1 is 1.35 bits per heavy atom. The molecule has 1 aromatic carbocycles. The SMILES string of the molecule is NC(=O)N1CCCC(C(=O)Nc2cccc(-c3cn[nH]c3)c2)C1. The van der Waals surface area contributed by atoms with E-state index in [2.05, 4.69) is 15.5 Å². The minimum atomic E-state index is -0.468. The molecule has 7 heteroatoms. The van der Waals surface area contributed by atoms with Gasteiger partial charge in [-0.25, -0.2) is 4.79 Å². The summed E-state index contributed by atoms with van der Waals surface area (Å²) in [5, 5.41) is 9.62. The minimum Gasteiger partial charge on any atom is -0.351 e. The van der Waals surface area contributed by atoms with Gasteiger partial charge in [0.25, 0.3) is 0 Å². The standard InChI is InChI=1S/C16H19N5O2/c17-16(23)21-6-2-4-12(10-21)15(22)20-14-5-1-3-11(7-14)13-8-18-19-9-13/h1,3,5,7-9,12H,2,4,6,10H2,(H2,17,23)(H,18,19)(H,20,22). The van der Waals surface area contributed by atoms with Crippen molar-refractivity contribution >= 4 is 17.6 Å². The van der Waals surface area contributed by atoms with Crippen LogP contribution >= 0.6 is 0 Å². The van der Waals surface area contributed by atoms with Crippen LogP contribution in [0.25, 0.3) is 11.1 Å². The highest BCUT2D eigenvalue weighted by Gasteiger charge is 2.27. The summed E-state index contributed by atoms with van der Waals surface area (Å²) in [7, 11) is 0. The fraction of sp³-hybridized carbons (Fsp3) is 0.312. The van der Waals surface area contributed by atoms with Gasteiger partial charge in [0.2, 0.25) is 5.91 Å². The van der Waals surface area contributed by atoms with E-state index in [0.717, 1.165) is 29.7 Å². The number of rotatable bonds is 3. The number of nitrogens with one attached hydrogen (secondary N) is 2. The summed E-state index contributed by atoms with van der Waals surface area (Å²) < 4.78 is 0. The van der Waals surface area contributed by atoms with Gasteiger partial charge in [0.05, 0.1) is 12.1 Å². The maximum absolute atomic E-state index is 12.4. The monoisotopic (exact) mass is 313 g/mol. The first kappa shape index (κ1) is 15.1. The van der Waals surface area contributed by atoms with Crippen LogP contribution < -0.4 is 11.1 Å². The molecule has 3 rings (SSSR count). The lowest BCUT2D eigenvalue weighted by Gasteiger charge is -2.30. The molecule has 2 heterocycles. The van der Waals surface area contributed by atoms with E-state index >= 15 is 0 Å². The fourth-order valence-corrected chi connectivity index (χ4v) is 2.82. The summed E-state index contributed by atoms with van der Waals surface area (Å²) in [5.74, 6) is -0.311. The van der Waals surface area contributed by atoms with Crippen LogP contribution in [0.1, 0.15) is 12.8 Å². The normalized spacial score (nSPS) is 17.7. The average Bonchev–Trinajstić information content (AvgIpc) is 3.10. The zero-order valence-corrected chi connectivity index (χ0v) is 12.7. The van der Waals surface area contributed by atoms with Gasteiger partial charge in [0, 0.05) is 30.5 Å². The van der Waals surface area contributed by atoms with Gasteiger partial charge in [-0.15, -0.1) is 0 Å². The molecule has 1 atom stereocenters. The molecule has 2 aromatic rings. The maximum atomic E-state index is 12.4. The first-order valence-corrected chi connectivity index (χ1v) is 7.58. The Morgan fingerprint density at radius 2 is 2.22 bits per heavy atom. The van der Waals surface area contributed by atoms with Gasteiger partial charge >= 0.3 is 6.03 Å². The lowest BCUT2D eigenvalue weighted by atomic mass is 9.97. The molecular weight excluding hydrogens is 294 g/mol. The third-order valence-electron chi connectivity index (χ3n) is 4.07. The second-order valence-electron chi connectivity index (χ2n) is 5.68. The van der Waals surface area contributed by atoms with Crippen LogP contribution in [0.4, 0.5) is 10.5 Å². The second kappa shape index (κ2) is 6.51. The predicted octanol–water partition coefficient (Wildman–Crippen LogP) is 1.81. The molecule has 1 fully saturated rings. The van der Waals surface area contributed by atoms with Crippen LogP contribution in [-0.2, 0) is 4.79 Å². The van der Waals surface area contributed by atoms with E-state index in [4.69, 9.17) is 5.73 Å². The Labute approximate surface area is 133 Å². The number of amides is 3. The third kappa shape index (κ3) is 3.50. The van der Waals surface area contributed by atoms with Crippen molar-refractivity contribution in [2.24, 2.45) is 11.7 Å². The van der Waals surface area contributed by atoms with Gasteiger partial charge in [-0.1, -0.05) is 12.1 Å². The van der Waals surface area contributed by atoms with Crippen molar-refractivity contribution in [3.05, 3.63) is 36.7 Å². The number of nitrogens with two attached hydrogens (primary N) is 1. The third-order valence-corrected chi connectivity index (χ3v) is 4.07. The molecule has 0 spiro atoms. The highest BCUT2D eigenvalue weighted by Crippen LogP contribution is 2.23. The van der Waals surface area contributed by atoms with E-state index in [1.807, 2.05) is 24.3 Å². The molecule has 0 saturated carbocycles. The molecule has 0 bridgehead atoms. The molecule has 1 saturated heterocycles. The average molecular weight is 313 g/mol. The van der Waals surface area contributed by atoms with Crippen molar-refractivity contribution in [2.75, 3.05) is 18.4 Å². The van der Waals surface area contributed by atoms with Gasteiger partial charge in [0.15, 0.2) is 0 Å². The van der Waals surface area contributed by atoms with Crippen molar-refractivity contribution in [2.45, 2.75) is 12.8 Å². The number of H-pyrrole nitrogens is 1. The van der Waals surface area contributed by atoms with E-state index in [-0.39, 0.29) is 11.8 Å². The number of hydrogen-bond donors (Lipinski definition) is 3. The van der Waals surface area contributed by atoms with Crippen molar-refractivity contribution in [1.29, 1.82) is 0 Å². The first-order chi connectivity index (χ1) is 11.1. The number of hydrogen-bond acceptors (Lipinski definition) is 3. The lowest BCUT2D eigenvalue weighted by molar-refractivity contribution is -0.121. The highest BCUT2D eigenvalue weighted by molar-refractivity contribution is 5.93. The molecule has 7 nitrogen and oxygen atoms in total. The topological polar surface area (TPSA) is 104 Å². The minimum absolute atomic E-state index is 0.0831. The van der Waals surface area contributed by atoms with Crippen molar-refractivity contribution < 1.29 is 9.59 Å². The van der Waals surface area contributed by atoms with Gasteiger partial charge in [0.1, 0.15) is 0 Å². The zero-order chi connectivity index (χ0) is 16.2. The van der Waals surface area contributed by atoms with Gasteiger partial charge < -0.3 is 16.0 Å². The quantitative estimate of drug-likeness (QED) is 0.804. The largest absolute Gasteiger partial charge is 0.351 e. The summed E-state index contributed by atoms with van der Waals surface area (Å²) in [4.78, 5) is 25.2. The van der Waals surface area contributed by atoms with E-state index in [9.17, 15) is 9.59 Å². The van der Waals surface area contributed by atoms with Crippen molar-refractivity contribution in [3.8, 4) is 11.1 Å². The molecule has 1 aromatic heterocycles. The van der Waals surface area contributed by atoms with Gasteiger partial charge in [-0.05, 0) is 30.5 Å². The Hall–Kier alpha value is -2.83. The van der Waals surface area contributed by atoms with Crippen LogP contribution in [0, 0.1) is 5.92 Å². The van der Waals surface area contributed by atoms with Crippen molar-refractivity contribution in [1.82, 2.24) is 15.1 Å². The molecule has 3 amide bonds. The van der Waals surface area contributed by atoms with Crippen LogP contribution in [0.3, 0.4) is 0 Å². The van der Waals surface area contributed by atoms with Crippen LogP contribution in [0.2, 0.25) is 0 Å². The Bertz CT molecular complexity index is 698. The lowest BCUT2D eigenvalue weighted by Crippen LogP contribution is -2.46. The second-order valence-corrected chi connectivity index (χ2v) is 5.68. The summed E-state index contributed by atoms with van der Waals surface area (Å²) in [6, 6.07) is 7.11. The summed E-state index contributed by atoms with van der Waals surface area (Å²) >= 11 is 0. The predicted molar refractivity (Wildman–Crippen MR) is 86.5 cm³/mol. The number of urea groups is 1. The van der Waals surface area contributed by atoms with E-state index in [0.29, 0.717) is 13.1 Å². The molecule has 0 aliphatic carbocycles. The number of primary amides is 1. The van der Waals surface area contributed by atoms with Crippen molar-refractivity contribution in [3.63, 3.8) is 0 Å². The smallest absolute Gasteiger partial charge is 0.314 e. The molecular formula is C16H19N5O2. The molecule has 1 aliphatic rings. The summed E-state index contributed by atoms with van der Waals surface area (Å²) in [5.41, 5.74) is 7.96. The van der Waals surface area contributed by atoms with E-state index < -0.39 is 6.03 Å². The number of benzene rings is 1. The number of aromatic nitrogens is 2. The number of anilines is 1. The van der Waals surface area contributed by atoms with E-state index in [1.165, 1.54) is 4.90 Å². The Balaban J connectivity index is 1.68. The molecule has 4 N–H and O–H groups in total. The molecule has 120 valence electrons. The summed E-state index contributed by atoms with van der Waals surface area (Å²) in [6.45, 7) is 0.998. The Morgan fingerprint density at radius 3 is 2.96 bits per heavy atom. The number of piperidine rings is 1. The first-order valence-electron chi connectivity index (χ1n) is 7.58. The van der Waals surface area contributed by atoms with Crippen LogP contribution in [0.5, 0.6) is 0 Å². The number of carbonyl (C=O) groups excluding carboxylic acids is 2. The highest BCUT2D eigenvalue weighted by atomic mass is 16.2. The number of likely N-dealkylation sites (tertiary alicyclic amines) is 1. The molecule has 1 aliphatic heterocycles. The Kier molecular flexibility index (Phi) is 4.27. The van der Waals surface area contributed by atoms with E-state index in [1.54, 1.807) is 12.4 Å². The van der Waals surface area contributed by atoms with Crippen LogP contribution in [-0.4, -0.2) is 40.1 Å². The zero-order valence-electron chi connectivity index (χ0n) is 12.7. The summed E-state index contributed by atoms with van der Waals surface area (Å²) in [6.07, 6.45) is 5.08.